The molecule has 0 spiro atoms. The number of nitrogens with zero attached hydrogens (tertiary/aromatic N) is 3. The molecule has 1 unspecified atom stereocenters. The molecule has 29 heavy (non-hydrogen) atoms. The number of carbonyl (C=O) groups excluding carboxylic acids is 1. The van der Waals surface area contributed by atoms with Gasteiger partial charge in [0.25, 0.3) is 17.4 Å². The standard InChI is InChI=1S/C22H16N4O3/c1-14-5-2-3-7-18(14)29-22(20(24)27,16-6-4-10-25-13-16)21-26-17-11-15(12-23)8-9-19(17)28-21/h2-11,13H,1H3,(H2,24,27). The number of amides is 1. The minimum Gasteiger partial charge on any atom is -0.462 e. The summed E-state index contributed by atoms with van der Waals surface area (Å²) in [6.45, 7) is 1.86. The molecule has 0 saturated carbocycles. The molecule has 0 radical (unpaired) electrons. The van der Waals surface area contributed by atoms with Crippen LogP contribution in [0.25, 0.3) is 11.1 Å². The van der Waals surface area contributed by atoms with Crippen molar-refractivity contribution in [2.75, 3.05) is 0 Å². The molecule has 2 N–H and O–H groups in total. The normalized spacial score (nSPS) is 12.8. The summed E-state index contributed by atoms with van der Waals surface area (Å²) >= 11 is 0. The summed E-state index contributed by atoms with van der Waals surface area (Å²) in [5, 5.41) is 9.14. The number of hydrogen-bond acceptors (Lipinski definition) is 6. The van der Waals surface area contributed by atoms with Crippen molar-refractivity contribution in [1.82, 2.24) is 9.97 Å². The van der Waals surface area contributed by atoms with Gasteiger partial charge in [-0.1, -0.05) is 24.3 Å². The van der Waals surface area contributed by atoms with Gasteiger partial charge in [-0.2, -0.15) is 5.26 Å². The fraction of sp³-hybridized carbons (Fsp3) is 0.0909. The molecule has 0 aliphatic heterocycles. The summed E-state index contributed by atoms with van der Waals surface area (Å²) in [5.41, 5.74) is 6.46. The first-order chi connectivity index (χ1) is 14.0. The third-order valence-electron chi connectivity index (χ3n) is 4.59. The van der Waals surface area contributed by atoms with Crippen LogP contribution in [0, 0.1) is 18.3 Å². The number of para-hydroxylation sites is 1. The van der Waals surface area contributed by atoms with Gasteiger partial charge in [-0.05, 0) is 42.8 Å². The molecule has 2 heterocycles. The molecule has 7 nitrogen and oxygen atoms in total. The lowest BCUT2D eigenvalue weighted by Gasteiger charge is -2.29. The van der Waals surface area contributed by atoms with Crippen LogP contribution >= 0.6 is 0 Å². The molecule has 1 atom stereocenters. The highest BCUT2D eigenvalue weighted by atomic mass is 16.5. The van der Waals surface area contributed by atoms with Gasteiger partial charge in [-0.3, -0.25) is 9.78 Å². The number of fused-ring (bicyclic) bond motifs is 1. The van der Waals surface area contributed by atoms with E-state index in [4.69, 9.17) is 20.1 Å². The van der Waals surface area contributed by atoms with E-state index in [1.165, 1.54) is 6.20 Å². The van der Waals surface area contributed by atoms with Crippen LogP contribution in [0.15, 0.2) is 71.4 Å². The van der Waals surface area contributed by atoms with E-state index < -0.39 is 11.5 Å². The summed E-state index contributed by atoms with van der Waals surface area (Å²) < 4.78 is 12.1. The van der Waals surface area contributed by atoms with Crippen LogP contribution in [-0.4, -0.2) is 15.9 Å². The number of nitriles is 1. The summed E-state index contributed by atoms with van der Waals surface area (Å²) in [4.78, 5) is 21.4. The van der Waals surface area contributed by atoms with Gasteiger partial charge >= 0.3 is 0 Å². The maximum absolute atomic E-state index is 12.9. The molecule has 0 saturated heterocycles. The summed E-state index contributed by atoms with van der Waals surface area (Å²) in [6, 6.07) is 17.4. The van der Waals surface area contributed by atoms with Gasteiger partial charge in [0.1, 0.15) is 11.3 Å². The van der Waals surface area contributed by atoms with Crippen LogP contribution in [0.4, 0.5) is 0 Å². The van der Waals surface area contributed by atoms with E-state index in [9.17, 15) is 4.79 Å². The van der Waals surface area contributed by atoms with Crippen molar-refractivity contribution in [2.24, 2.45) is 5.73 Å². The largest absolute Gasteiger partial charge is 0.462 e. The molecule has 0 aliphatic rings. The van der Waals surface area contributed by atoms with E-state index in [-0.39, 0.29) is 5.89 Å². The molecular formula is C22H16N4O3. The van der Waals surface area contributed by atoms with Crippen LogP contribution in [0.1, 0.15) is 22.6 Å². The number of nitrogens with two attached hydrogens (primary N) is 1. The first kappa shape index (κ1) is 18.2. The molecule has 1 amide bonds. The second-order valence-corrected chi connectivity index (χ2v) is 6.47. The van der Waals surface area contributed by atoms with Crippen molar-refractivity contribution in [2.45, 2.75) is 12.5 Å². The van der Waals surface area contributed by atoms with Crippen molar-refractivity contribution in [3.63, 3.8) is 0 Å². The summed E-state index contributed by atoms with van der Waals surface area (Å²) in [6.07, 6.45) is 3.06. The fourth-order valence-electron chi connectivity index (χ4n) is 3.08. The zero-order valence-corrected chi connectivity index (χ0v) is 15.5. The molecule has 2 aromatic carbocycles. The van der Waals surface area contributed by atoms with Gasteiger partial charge in [-0.25, -0.2) is 4.98 Å². The SMILES string of the molecule is Cc1ccccc1OC(C(N)=O)(c1cccnc1)c1nc2cc(C#N)ccc2o1. The van der Waals surface area contributed by atoms with Gasteiger partial charge in [0.05, 0.1) is 11.6 Å². The Hall–Kier alpha value is -4.18. The van der Waals surface area contributed by atoms with E-state index in [0.29, 0.717) is 28.0 Å². The van der Waals surface area contributed by atoms with Crippen LogP contribution in [0.2, 0.25) is 0 Å². The van der Waals surface area contributed by atoms with Crippen LogP contribution in [0.5, 0.6) is 5.75 Å². The van der Waals surface area contributed by atoms with Gasteiger partial charge in [-0.15, -0.1) is 0 Å². The number of aryl methyl sites for hydroxylation is 1. The lowest BCUT2D eigenvalue weighted by Crippen LogP contribution is -2.47. The molecule has 4 rings (SSSR count). The highest BCUT2D eigenvalue weighted by molar-refractivity contribution is 5.89. The third-order valence-corrected chi connectivity index (χ3v) is 4.59. The third kappa shape index (κ3) is 3.07. The first-order valence-corrected chi connectivity index (χ1v) is 8.81. The van der Waals surface area contributed by atoms with Crippen LogP contribution in [0.3, 0.4) is 0 Å². The minimum absolute atomic E-state index is 0.0358. The number of oxazole rings is 1. The number of aromatic nitrogens is 2. The highest BCUT2D eigenvalue weighted by Crippen LogP contribution is 2.37. The zero-order valence-electron chi connectivity index (χ0n) is 15.5. The van der Waals surface area contributed by atoms with E-state index in [2.05, 4.69) is 16.0 Å². The van der Waals surface area contributed by atoms with Crippen molar-refractivity contribution < 1.29 is 13.9 Å². The first-order valence-electron chi connectivity index (χ1n) is 8.81. The van der Waals surface area contributed by atoms with E-state index in [1.807, 2.05) is 19.1 Å². The van der Waals surface area contributed by atoms with Gasteiger partial charge in [0.2, 0.25) is 0 Å². The van der Waals surface area contributed by atoms with Gasteiger partial charge in [0, 0.05) is 18.0 Å². The predicted octanol–water partition coefficient (Wildman–Crippen LogP) is 3.21. The molecular weight excluding hydrogens is 368 g/mol. The van der Waals surface area contributed by atoms with Crippen molar-refractivity contribution in [1.29, 1.82) is 5.26 Å². The maximum atomic E-state index is 12.9. The highest BCUT2D eigenvalue weighted by Gasteiger charge is 2.49. The number of primary amides is 1. The molecule has 2 aromatic heterocycles. The minimum atomic E-state index is -1.84. The van der Waals surface area contributed by atoms with Crippen molar-refractivity contribution in [3.8, 4) is 11.8 Å². The average Bonchev–Trinajstić information content (AvgIpc) is 3.17. The molecule has 0 aliphatic carbocycles. The number of pyridine rings is 1. The Balaban J connectivity index is 1.98. The summed E-state index contributed by atoms with van der Waals surface area (Å²) in [7, 11) is 0. The topological polar surface area (TPSA) is 115 Å². The molecule has 0 fully saturated rings. The second-order valence-electron chi connectivity index (χ2n) is 6.47. The Labute approximate surface area is 166 Å². The Morgan fingerprint density at radius 2 is 2.03 bits per heavy atom. The lowest BCUT2D eigenvalue weighted by molar-refractivity contribution is -0.132. The number of hydrogen-bond donors (Lipinski definition) is 1. The maximum Gasteiger partial charge on any atom is 0.287 e. The second kappa shape index (κ2) is 7.09. The van der Waals surface area contributed by atoms with E-state index in [0.717, 1.165) is 5.56 Å². The number of carbonyl (C=O) groups is 1. The predicted molar refractivity (Wildman–Crippen MR) is 105 cm³/mol. The quantitative estimate of drug-likeness (QED) is 0.565. The average molecular weight is 384 g/mol. The number of benzene rings is 2. The van der Waals surface area contributed by atoms with E-state index >= 15 is 0 Å². The van der Waals surface area contributed by atoms with Crippen molar-refractivity contribution in [3.05, 3.63) is 89.6 Å². The van der Waals surface area contributed by atoms with Gasteiger partial charge in [0.15, 0.2) is 5.58 Å². The van der Waals surface area contributed by atoms with Crippen LogP contribution < -0.4 is 10.5 Å². The number of rotatable bonds is 5. The van der Waals surface area contributed by atoms with Crippen molar-refractivity contribution >= 4 is 17.0 Å². The van der Waals surface area contributed by atoms with Gasteiger partial charge < -0.3 is 14.9 Å². The molecule has 4 aromatic rings. The Morgan fingerprint density at radius 3 is 2.72 bits per heavy atom. The Kier molecular flexibility index (Phi) is 4.45. The molecule has 7 heteroatoms. The monoisotopic (exact) mass is 384 g/mol. The molecule has 142 valence electrons. The molecule has 0 bridgehead atoms. The smallest absolute Gasteiger partial charge is 0.287 e. The summed E-state index contributed by atoms with van der Waals surface area (Å²) in [5.74, 6) is -0.387. The Morgan fingerprint density at radius 1 is 1.21 bits per heavy atom. The van der Waals surface area contributed by atoms with E-state index in [1.54, 1.807) is 48.7 Å². The number of ether oxygens (including phenoxy) is 1. The lowest BCUT2D eigenvalue weighted by atomic mass is 9.93. The van der Waals surface area contributed by atoms with Crippen LogP contribution in [-0.2, 0) is 10.4 Å². The zero-order chi connectivity index (χ0) is 20.4. The fourth-order valence-corrected chi connectivity index (χ4v) is 3.08. The Bertz CT molecular complexity index is 1240.